The molecule has 0 aliphatic rings. The highest BCUT2D eigenvalue weighted by atomic mass is 19.3. The summed E-state index contributed by atoms with van der Waals surface area (Å²) < 4.78 is 24.5. The van der Waals surface area contributed by atoms with Gasteiger partial charge in [-0.3, -0.25) is 0 Å². The van der Waals surface area contributed by atoms with Gasteiger partial charge in [0.15, 0.2) is 0 Å². The summed E-state index contributed by atoms with van der Waals surface area (Å²) in [4.78, 5) is 0. The van der Waals surface area contributed by atoms with Crippen LogP contribution in [0.15, 0.2) is 24.3 Å². The molecule has 0 aliphatic heterocycles. The summed E-state index contributed by atoms with van der Waals surface area (Å²) >= 11 is 0. The Kier molecular flexibility index (Phi) is 3.21. The van der Waals surface area contributed by atoms with Crippen LogP contribution in [0.2, 0.25) is 0 Å². The van der Waals surface area contributed by atoms with Crippen LogP contribution in [0.5, 0.6) is 0 Å². The van der Waals surface area contributed by atoms with E-state index in [1.165, 1.54) is 12.1 Å². The standard InChI is InChI=1S/C11H14F2O/c1-11(2,7-14)9-5-3-8(4-6-9)10(12)13/h3-6,10,14H,7H2,1-2H3. The molecule has 1 nitrogen and oxygen atoms in total. The molecule has 0 fully saturated rings. The zero-order valence-corrected chi connectivity index (χ0v) is 8.30. The van der Waals surface area contributed by atoms with E-state index in [0.717, 1.165) is 5.56 Å². The van der Waals surface area contributed by atoms with E-state index in [1.807, 2.05) is 13.8 Å². The van der Waals surface area contributed by atoms with Crippen molar-refractivity contribution in [3.63, 3.8) is 0 Å². The van der Waals surface area contributed by atoms with Gasteiger partial charge in [-0.25, -0.2) is 8.78 Å². The number of aliphatic hydroxyl groups excluding tert-OH is 1. The van der Waals surface area contributed by atoms with Crippen LogP contribution in [0.25, 0.3) is 0 Å². The van der Waals surface area contributed by atoms with Crippen LogP contribution < -0.4 is 0 Å². The van der Waals surface area contributed by atoms with Crippen molar-refractivity contribution in [2.24, 2.45) is 0 Å². The molecule has 1 aromatic carbocycles. The third-order valence-electron chi connectivity index (χ3n) is 2.34. The third kappa shape index (κ3) is 2.29. The van der Waals surface area contributed by atoms with E-state index in [2.05, 4.69) is 0 Å². The van der Waals surface area contributed by atoms with Gasteiger partial charge < -0.3 is 5.11 Å². The van der Waals surface area contributed by atoms with E-state index in [-0.39, 0.29) is 17.6 Å². The fraction of sp³-hybridized carbons (Fsp3) is 0.455. The fourth-order valence-corrected chi connectivity index (χ4v) is 1.17. The molecule has 0 heterocycles. The maximum absolute atomic E-state index is 12.2. The van der Waals surface area contributed by atoms with Gasteiger partial charge >= 0.3 is 0 Å². The highest BCUT2D eigenvalue weighted by Gasteiger charge is 2.19. The molecule has 0 bridgehead atoms. The summed E-state index contributed by atoms with van der Waals surface area (Å²) in [7, 11) is 0. The molecule has 1 rings (SSSR count). The molecule has 14 heavy (non-hydrogen) atoms. The molecule has 0 radical (unpaired) electrons. The zero-order chi connectivity index (χ0) is 10.8. The highest BCUT2D eigenvalue weighted by Crippen LogP contribution is 2.25. The zero-order valence-electron chi connectivity index (χ0n) is 8.30. The van der Waals surface area contributed by atoms with E-state index in [9.17, 15) is 8.78 Å². The number of alkyl halides is 2. The minimum Gasteiger partial charge on any atom is -0.395 e. The van der Waals surface area contributed by atoms with E-state index in [0.29, 0.717) is 0 Å². The molecule has 0 atom stereocenters. The molecule has 1 aromatic rings. The van der Waals surface area contributed by atoms with Crippen molar-refractivity contribution >= 4 is 0 Å². The number of hydrogen-bond donors (Lipinski definition) is 1. The topological polar surface area (TPSA) is 20.2 Å². The molecular formula is C11H14F2O. The Morgan fingerprint density at radius 3 is 2.07 bits per heavy atom. The lowest BCUT2D eigenvalue weighted by Gasteiger charge is -2.22. The van der Waals surface area contributed by atoms with E-state index >= 15 is 0 Å². The van der Waals surface area contributed by atoms with E-state index in [1.54, 1.807) is 12.1 Å². The van der Waals surface area contributed by atoms with Crippen molar-refractivity contribution in [3.05, 3.63) is 35.4 Å². The second-order valence-corrected chi connectivity index (χ2v) is 3.96. The number of rotatable bonds is 3. The summed E-state index contributed by atoms with van der Waals surface area (Å²) in [5.41, 5.74) is 0.507. The lowest BCUT2D eigenvalue weighted by Crippen LogP contribution is -2.21. The van der Waals surface area contributed by atoms with E-state index in [4.69, 9.17) is 5.11 Å². The Morgan fingerprint density at radius 2 is 1.71 bits per heavy atom. The minimum atomic E-state index is -2.43. The number of benzene rings is 1. The summed E-state index contributed by atoms with van der Waals surface area (Å²) in [6.45, 7) is 3.73. The molecule has 78 valence electrons. The molecule has 0 saturated carbocycles. The van der Waals surface area contributed by atoms with Crippen LogP contribution in [0, 0.1) is 0 Å². The third-order valence-corrected chi connectivity index (χ3v) is 2.34. The van der Waals surface area contributed by atoms with Gasteiger partial charge in [0.1, 0.15) is 0 Å². The second-order valence-electron chi connectivity index (χ2n) is 3.96. The second kappa shape index (κ2) is 4.05. The van der Waals surface area contributed by atoms with Crippen LogP contribution in [0.3, 0.4) is 0 Å². The van der Waals surface area contributed by atoms with Gasteiger partial charge in [-0.1, -0.05) is 38.1 Å². The van der Waals surface area contributed by atoms with E-state index < -0.39 is 6.43 Å². The molecule has 0 aliphatic carbocycles. The van der Waals surface area contributed by atoms with Crippen molar-refractivity contribution in [3.8, 4) is 0 Å². The first kappa shape index (κ1) is 11.1. The predicted molar refractivity (Wildman–Crippen MR) is 51.5 cm³/mol. The largest absolute Gasteiger partial charge is 0.395 e. The van der Waals surface area contributed by atoms with Crippen LogP contribution in [0.1, 0.15) is 31.4 Å². The SMILES string of the molecule is CC(C)(CO)c1ccc(C(F)F)cc1. The fourth-order valence-electron chi connectivity index (χ4n) is 1.17. The quantitative estimate of drug-likeness (QED) is 0.795. The van der Waals surface area contributed by atoms with Crippen molar-refractivity contribution in [1.82, 2.24) is 0 Å². The lowest BCUT2D eigenvalue weighted by molar-refractivity contribution is 0.151. The Morgan fingerprint density at radius 1 is 1.21 bits per heavy atom. The van der Waals surface area contributed by atoms with Crippen LogP contribution >= 0.6 is 0 Å². The van der Waals surface area contributed by atoms with Gasteiger partial charge in [0.25, 0.3) is 6.43 Å². The number of halogens is 2. The molecule has 0 aromatic heterocycles. The van der Waals surface area contributed by atoms with Gasteiger partial charge in [0.05, 0.1) is 6.61 Å². The average molecular weight is 200 g/mol. The summed E-state index contributed by atoms with van der Waals surface area (Å²) in [6, 6.07) is 6.07. The normalized spacial score (nSPS) is 12.1. The van der Waals surface area contributed by atoms with Crippen molar-refractivity contribution < 1.29 is 13.9 Å². The molecule has 0 amide bonds. The van der Waals surface area contributed by atoms with Crippen LogP contribution in [0.4, 0.5) is 8.78 Å². The van der Waals surface area contributed by atoms with Crippen LogP contribution in [-0.4, -0.2) is 11.7 Å². The summed E-state index contributed by atoms with van der Waals surface area (Å²) in [6.07, 6.45) is -2.43. The predicted octanol–water partition coefficient (Wildman–Crippen LogP) is 2.89. The van der Waals surface area contributed by atoms with Crippen molar-refractivity contribution in [1.29, 1.82) is 0 Å². The van der Waals surface area contributed by atoms with Crippen molar-refractivity contribution in [2.75, 3.05) is 6.61 Å². The smallest absolute Gasteiger partial charge is 0.263 e. The molecule has 0 unspecified atom stereocenters. The molecule has 3 heteroatoms. The van der Waals surface area contributed by atoms with Crippen LogP contribution in [-0.2, 0) is 5.41 Å². The average Bonchev–Trinajstić information content (AvgIpc) is 2.18. The van der Waals surface area contributed by atoms with Gasteiger partial charge in [-0.2, -0.15) is 0 Å². The molecular weight excluding hydrogens is 186 g/mol. The van der Waals surface area contributed by atoms with Crippen molar-refractivity contribution in [2.45, 2.75) is 25.7 Å². The maximum atomic E-state index is 12.2. The van der Waals surface area contributed by atoms with Gasteiger partial charge in [-0.05, 0) is 5.56 Å². The monoisotopic (exact) mass is 200 g/mol. The summed E-state index contributed by atoms with van der Waals surface area (Å²) in [5, 5.41) is 9.08. The Hall–Kier alpha value is -0.960. The Labute approximate surface area is 82.4 Å². The molecule has 0 saturated heterocycles. The Bertz CT molecular complexity index is 291. The minimum absolute atomic E-state index is 0.00102. The number of aliphatic hydroxyl groups is 1. The molecule has 0 spiro atoms. The number of hydrogen-bond acceptors (Lipinski definition) is 1. The van der Waals surface area contributed by atoms with Gasteiger partial charge in [-0.15, -0.1) is 0 Å². The Balaban J connectivity index is 2.94. The van der Waals surface area contributed by atoms with Gasteiger partial charge in [0.2, 0.25) is 0 Å². The lowest BCUT2D eigenvalue weighted by atomic mass is 9.85. The van der Waals surface area contributed by atoms with Gasteiger partial charge in [0, 0.05) is 11.0 Å². The highest BCUT2D eigenvalue weighted by molar-refractivity contribution is 5.28. The first-order valence-electron chi connectivity index (χ1n) is 4.47. The first-order chi connectivity index (χ1) is 6.47. The first-order valence-corrected chi connectivity index (χ1v) is 4.47. The maximum Gasteiger partial charge on any atom is 0.263 e. The summed E-state index contributed by atoms with van der Waals surface area (Å²) in [5.74, 6) is 0. The molecule has 1 N–H and O–H groups in total.